The minimum atomic E-state index is -0.827. The molecule has 1 aromatic rings. The van der Waals surface area contributed by atoms with E-state index in [0.717, 1.165) is 12.1 Å². The molecular weight excluding hydrogens is 240 g/mol. The number of hydrogen-bond donors (Lipinski definition) is 0. The summed E-state index contributed by atoms with van der Waals surface area (Å²) >= 11 is 0. The number of carbonyl (C=O) groups is 1. The van der Waals surface area contributed by atoms with E-state index in [-0.39, 0.29) is 23.5 Å². The second kappa shape index (κ2) is 5.63. The molecule has 0 N–H and O–H groups in total. The molecule has 1 rings (SSSR count). The third-order valence-corrected chi connectivity index (χ3v) is 2.13. The molecule has 7 nitrogen and oxygen atoms in total. The lowest BCUT2D eigenvalue weighted by Crippen LogP contribution is -2.09. The zero-order chi connectivity index (χ0) is 13.7. The monoisotopic (exact) mass is 250 g/mol. The summed E-state index contributed by atoms with van der Waals surface area (Å²) in [6, 6.07) is 3.88. The third kappa shape index (κ3) is 2.55. The van der Waals surface area contributed by atoms with Crippen molar-refractivity contribution in [1.82, 2.24) is 0 Å². The van der Waals surface area contributed by atoms with Gasteiger partial charge >= 0.3 is 5.97 Å². The molecule has 0 aliphatic rings. The zero-order valence-electron chi connectivity index (χ0n) is 9.80. The van der Waals surface area contributed by atoms with Crippen LogP contribution in [0.4, 0.5) is 5.69 Å². The number of nitrogens with zero attached hydrogens (tertiary/aromatic N) is 2. The van der Waals surface area contributed by atoms with Gasteiger partial charge in [0.25, 0.3) is 5.69 Å². The number of methoxy groups -OCH3 is 1. The molecule has 0 fully saturated rings. The van der Waals surface area contributed by atoms with Gasteiger partial charge < -0.3 is 9.47 Å². The maximum absolute atomic E-state index is 11.6. The lowest BCUT2D eigenvalue weighted by molar-refractivity contribution is -0.385. The minimum Gasteiger partial charge on any atom is -0.495 e. The van der Waals surface area contributed by atoms with E-state index in [1.165, 1.54) is 7.11 Å². The van der Waals surface area contributed by atoms with Gasteiger partial charge in [-0.05, 0) is 6.92 Å². The van der Waals surface area contributed by atoms with Gasteiger partial charge in [0.15, 0.2) is 0 Å². The van der Waals surface area contributed by atoms with Crippen molar-refractivity contribution in [2.75, 3.05) is 13.7 Å². The van der Waals surface area contributed by atoms with Crippen molar-refractivity contribution < 1.29 is 19.2 Å². The predicted molar refractivity (Wildman–Crippen MR) is 60.3 cm³/mol. The van der Waals surface area contributed by atoms with Crippen LogP contribution in [0.15, 0.2) is 12.1 Å². The number of hydrogen-bond acceptors (Lipinski definition) is 6. The average molecular weight is 250 g/mol. The number of esters is 1. The van der Waals surface area contributed by atoms with Gasteiger partial charge in [0.05, 0.1) is 18.6 Å². The van der Waals surface area contributed by atoms with Crippen LogP contribution in [0.5, 0.6) is 5.75 Å². The highest BCUT2D eigenvalue weighted by atomic mass is 16.6. The molecule has 0 saturated carbocycles. The maximum atomic E-state index is 11.6. The lowest BCUT2D eigenvalue weighted by atomic mass is 10.1. The highest BCUT2D eigenvalue weighted by Gasteiger charge is 2.24. The Kier molecular flexibility index (Phi) is 4.21. The SMILES string of the molecule is CCOC(=O)c1cc(OC)c(C#N)cc1[N+](=O)[O-]. The summed E-state index contributed by atoms with van der Waals surface area (Å²) in [6.45, 7) is 1.68. The van der Waals surface area contributed by atoms with Crippen molar-refractivity contribution in [1.29, 1.82) is 5.26 Å². The van der Waals surface area contributed by atoms with Gasteiger partial charge in [-0.2, -0.15) is 5.26 Å². The molecule has 0 saturated heterocycles. The first-order chi connectivity index (χ1) is 8.54. The van der Waals surface area contributed by atoms with Crippen molar-refractivity contribution >= 4 is 11.7 Å². The van der Waals surface area contributed by atoms with Gasteiger partial charge in [-0.3, -0.25) is 10.1 Å². The lowest BCUT2D eigenvalue weighted by Gasteiger charge is -2.07. The fraction of sp³-hybridized carbons (Fsp3) is 0.273. The van der Waals surface area contributed by atoms with Crippen molar-refractivity contribution in [3.8, 4) is 11.8 Å². The Bertz CT molecular complexity index is 533. The van der Waals surface area contributed by atoms with Crippen LogP contribution in [0, 0.1) is 21.4 Å². The van der Waals surface area contributed by atoms with Gasteiger partial charge in [-0.15, -0.1) is 0 Å². The molecule has 0 aliphatic carbocycles. The average Bonchev–Trinajstić information content (AvgIpc) is 2.37. The molecule has 0 spiro atoms. The number of benzene rings is 1. The summed E-state index contributed by atoms with van der Waals surface area (Å²) in [6.07, 6.45) is 0. The highest BCUT2D eigenvalue weighted by molar-refractivity contribution is 5.95. The summed E-state index contributed by atoms with van der Waals surface area (Å²) in [4.78, 5) is 21.7. The van der Waals surface area contributed by atoms with E-state index in [0.29, 0.717) is 0 Å². The third-order valence-electron chi connectivity index (χ3n) is 2.13. The minimum absolute atomic E-state index is 0.0164. The molecule has 0 heterocycles. The second-order valence-corrected chi connectivity index (χ2v) is 3.16. The number of carbonyl (C=O) groups excluding carboxylic acids is 1. The van der Waals surface area contributed by atoms with Crippen LogP contribution in [0.25, 0.3) is 0 Å². The van der Waals surface area contributed by atoms with Gasteiger partial charge in [-0.25, -0.2) is 4.79 Å². The molecule has 94 valence electrons. The van der Waals surface area contributed by atoms with Gasteiger partial charge in [0.2, 0.25) is 0 Å². The molecule has 0 radical (unpaired) electrons. The Morgan fingerprint density at radius 2 is 2.22 bits per heavy atom. The van der Waals surface area contributed by atoms with E-state index >= 15 is 0 Å². The molecule has 0 bridgehead atoms. The Morgan fingerprint density at radius 3 is 2.67 bits per heavy atom. The van der Waals surface area contributed by atoms with E-state index in [9.17, 15) is 14.9 Å². The van der Waals surface area contributed by atoms with Crippen LogP contribution in [-0.2, 0) is 4.74 Å². The summed E-state index contributed by atoms with van der Waals surface area (Å²) in [5.41, 5.74) is -0.735. The topological polar surface area (TPSA) is 102 Å². The first kappa shape index (κ1) is 13.4. The number of nitro benzene ring substituents is 1. The molecule has 0 unspecified atom stereocenters. The molecular formula is C11H10N2O5. The molecule has 0 amide bonds. The van der Waals surface area contributed by atoms with E-state index < -0.39 is 16.6 Å². The van der Waals surface area contributed by atoms with Crippen LogP contribution in [0.2, 0.25) is 0 Å². The van der Waals surface area contributed by atoms with Gasteiger partial charge in [-0.1, -0.05) is 0 Å². The first-order valence-electron chi connectivity index (χ1n) is 4.98. The van der Waals surface area contributed by atoms with Crippen LogP contribution in [-0.4, -0.2) is 24.6 Å². The fourth-order valence-electron chi connectivity index (χ4n) is 1.35. The standard InChI is InChI=1S/C11H10N2O5/c1-3-18-11(14)8-5-10(17-2)7(6-12)4-9(8)13(15)16/h4-5H,3H2,1-2H3. The van der Waals surface area contributed by atoms with Gasteiger partial charge in [0.1, 0.15) is 22.9 Å². The maximum Gasteiger partial charge on any atom is 0.345 e. The smallest absolute Gasteiger partial charge is 0.345 e. The van der Waals surface area contributed by atoms with E-state index in [2.05, 4.69) is 0 Å². The molecule has 18 heavy (non-hydrogen) atoms. The summed E-state index contributed by atoms with van der Waals surface area (Å²) in [7, 11) is 1.30. The van der Waals surface area contributed by atoms with Crippen LogP contribution in [0.1, 0.15) is 22.8 Å². The molecule has 0 aliphatic heterocycles. The Labute approximate surface area is 103 Å². The quantitative estimate of drug-likeness (QED) is 0.457. The predicted octanol–water partition coefficient (Wildman–Crippen LogP) is 1.65. The normalized spacial score (nSPS) is 9.39. The number of rotatable bonds is 4. The summed E-state index contributed by atoms with van der Waals surface area (Å²) in [5, 5.41) is 19.7. The Hall–Kier alpha value is -2.62. The number of nitriles is 1. The summed E-state index contributed by atoms with van der Waals surface area (Å²) in [5.74, 6) is -0.738. The zero-order valence-corrected chi connectivity index (χ0v) is 9.80. The van der Waals surface area contributed by atoms with Crippen LogP contribution >= 0.6 is 0 Å². The molecule has 7 heteroatoms. The molecule has 0 aromatic heterocycles. The van der Waals surface area contributed by atoms with Crippen molar-refractivity contribution in [2.24, 2.45) is 0 Å². The van der Waals surface area contributed by atoms with Crippen molar-refractivity contribution in [3.05, 3.63) is 33.4 Å². The first-order valence-corrected chi connectivity index (χ1v) is 4.98. The fourth-order valence-corrected chi connectivity index (χ4v) is 1.35. The Balaban J connectivity index is 3.44. The number of ether oxygens (including phenoxy) is 2. The molecule has 0 atom stereocenters. The Morgan fingerprint density at radius 1 is 1.56 bits per heavy atom. The van der Waals surface area contributed by atoms with Gasteiger partial charge in [0, 0.05) is 12.1 Å². The van der Waals surface area contributed by atoms with Crippen LogP contribution < -0.4 is 4.74 Å². The van der Waals surface area contributed by atoms with E-state index in [1.54, 1.807) is 13.0 Å². The second-order valence-electron chi connectivity index (χ2n) is 3.16. The van der Waals surface area contributed by atoms with Crippen molar-refractivity contribution in [2.45, 2.75) is 6.92 Å². The van der Waals surface area contributed by atoms with E-state index in [4.69, 9.17) is 14.7 Å². The highest BCUT2D eigenvalue weighted by Crippen LogP contribution is 2.28. The van der Waals surface area contributed by atoms with Crippen LogP contribution in [0.3, 0.4) is 0 Å². The summed E-state index contributed by atoms with van der Waals surface area (Å²) < 4.78 is 9.60. The number of nitro groups is 1. The van der Waals surface area contributed by atoms with Crippen molar-refractivity contribution in [3.63, 3.8) is 0 Å². The van der Waals surface area contributed by atoms with E-state index in [1.807, 2.05) is 0 Å². The molecule has 1 aromatic carbocycles. The largest absolute Gasteiger partial charge is 0.495 e.